The van der Waals surface area contributed by atoms with Crippen LogP contribution in [-0.4, -0.2) is 5.78 Å². The second-order valence-corrected chi connectivity index (χ2v) is 4.91. The first-order valence-corrected chi connectivity index (χ1v) is 6.01. The lowest BCUT2D eigenvalue weighted by atomic mass is 9.89. The van der Waals surface area contributed by atoms with Gasteiger partial charge in [-0.25, -0.2) is 0 Å². The standard InChI is InChI=1S/C15H19NO/c1-10(2)12-5-6-13(15(17)7-8-16)14(9-12)11(3)4/h5-6,9-11H,7H2,1-4H3. The zero-order valence-corrected chi connectivity index (χ0v) is 10.9. The molecule has 0 aliphatic heterocycles. The first-order chi connectivity index (χ1) is 7.97. The molecule has 1 rings (SSSR count). The van der Waals surface area contributed by atoms with Crippen LogP contribution in [0.4, 0.5) is 0 Å². The Morgan fingerprint density at radius 3 is 2.35 bits per heavy atom. The third-order valence-corrected chi connectivity index (χ3v) is 2.90. The summed E-state index contributed by atoms with van der Waals surface area (Å²) in [5.41, 5.74) is 2.99. The maximum absolute atomic E-state index is 11.8. The minimum atomic E-state index is -0.0773. The molecule has 0 atom stereocenters. The first kappa shape index (κ1) is 13.4. The van der Waals surface area contributed by atoms with Crippen molar-refractivity contribution in [2.45, 2.75) is 46.0 Å². The third kappa shape index (κ3) is 3.17. The fourth-order valence-electron chi connectivity index (χ4n) is 1.84. The van der Waals surface area contributed by atoms with Crippen LogP contribution in [-0.2, 0) is 0 Å². The minimum absolute atomic E-state index is 0.0409. The summed E-state index contributed by atoms with van der Waals surface area (Å²) in [4.78, 5) is 11.8. The predicted octanol–water partition coefficient (Wildman–Crippen LogP) is 4.03. The van der Waals surface area contributed by atoms with Crippen molar-refractivity contribution in [3.05, 3.63) is 34.9 Å². The zero-order valence-electron chi connectivity index (χ0n) is 10.9. The lowest BCUT2D eigenvalue weighted by molar-refractivity contribution is 0.0996. The Bertz CT molecular complexity index is 452. The Morgan fingerprint density at radius 2 is 1.88 bits per heavy atom. The van der Waals surface area contributed by atoms with Gasteiger partial charge in [-0.15, -0.1) is 0 Å². The fourth-order valence-corrected chi connectivity index (χ4v) is 1.84. The molecule has 0 amide bonds. The SMILES string of the molecule is CC(C)c1ccc(C(=O)CC#N)c(C(C)C)c1. The Morgan fingerprint density at radius 1 is 1.24 bits per heavy atom. The van der Waals surface area contributed by atoms with Gasteiger partial charge in [-0.1, -0.05) is 45.9 Å². The molecular weight excluding hydrogens is 210 g/mol. The molecule has 0 fully saturated rings. The molecule has 0 aromatic heterocycles. The Labute approximate surface area is 103 Å². The van der Waals surface area contributed by atoms with E-state index in [1.165, 1.54) is 5.56 Å². The molecule has 2 heteroatoms. The summed E-state index contributed by atoms with van der Waals surface area (Å²) >= 11 is 0. The van der Waals surface area contributed by atoms with Crippen LogP contribution in [0.15, 0.2) is 18.2 Å². The molecule has 1 aromatic carbocycles. The van der Waals surface area contributed by atoms with E-state index >= 15 is 0 Å². The summed E-state index contributed by atoms with van der Waals surface area (Å²) in [6, 6.07) is 7.87. The number of carbonyl (C=O) groups is 1. The highest BCUT2D eigenvalue weighted by atomic mass is 16.1. The highest BCUT2D eigenvalue weighted by Crippen LogP contribution is 2.25. The summed E-state index contributed by atoms with van der Waals surface area (Å²) in [5.74, 6) is 0.672. The summed E-state index contributed by atoms with van der Waals surface area (Å²) in [7, 11) is 0. The molecule has 0 bridgehead atoms. The second kappa shape index (κ2) is 5.63. The van der Waals surface area contributed by atoms with Gasteiger partial charge in [0.15, 0.2) is 5.78 Å². The molecule has 0 spiro atoms. The summed E-state index contributed by atoms with van der Waals surface area (Å²) in [6.07, 6.45) is -0.0409. The van der Waals surface area contributed by atoms with Gasteiger partial charge in [0.25, 0.3) is 0 Å². The van der Waals surface area contributed by atoms with Crippen molar-refractivity contribution in [1.29, 1.82) is 5.26 Å². The largest absolute Gasteiger partial charge is 0.293 e. The van der Waals surface area contributed by atoms with Crippen LogP contribution in [0.1, 0.15) is 67.4 Å². The molecule has 0 N–H and O–H groups in total. The molecule has 0 saturated carbocycles. The van der Waals surface area contributed by atoms with Crippen LogP contribution < -0.4 is 0 Å². The number of benzene rings is 1. The Kier molecular flexibility index (Phi) is 4.45. The van der Waals surface area contributed by atoms with Gasteiger partial charge in [-0.3, -0.25) is 4.79 Å². The number of ketones is 1. The average Bonchev–Trinajstić information content (AvgIpc) is 2.28. The molecule has 1 aromatic rings. The maximum atomic E-state index is 11.8. The van der Waals surface area contributed by atoms with Gasteiger partial charge in [-0.2, -0.15) is 5.26 Å². The third-order valence-electron chi connectivity index (χ3n) is 2.90. The minimum Gasteiger partial charge on any atom is -0.293 e. The molecule has 2 nitrogen and oxygen atoms in total. The molecule has 0 aliphatic carbocycles. The summed E-state index contributed by atoms with van der Waals surface area (Å²) in [6.45, 7) is 8.41. The summed E-state index contributed by atoms with van der Waals surface area (Å²) in [5, 5.41) is 8.60. The zero-order chi connectivity index (χ0) is 13.0. The van der Waals surface area contributed by atoms with Gasteiger partial charge < -0.3 is 0 Å². The molecule has 0 aliphatic rings. The van der Waals surface area contributed by atoms with Crippen LogP contribution in [0.2, 0.25) is 0 Å². The highest BCUT2D eigenvalue weighted by Gasteiger charge is 2.14. The monoisotopic (exact) mass is 229 g/mol. The number of Topliss-reactive ketones (excluding diaryl/α,β-unsaturated/α-hetero) is 1. The maximum Gasteiger partial charge on any atom is 0.177 e. The lowest BCUT2D eigenvalue weighted by Crippen LogP contribution is -2.05. The summed E-state index contributed by atoms with van der Waals surface area (Å²) < 4.78 is 0. The predicted molar refractivity (Wildman–Crippen MR) is 69.2 cm³/mol. The Balaban J connectivity index is 3.23. The van der Waals surface area contributed by atoms with E-state index in [2.05, 4.69) is 33.8 Å². The van der Waals surface area contributed by atoms with E-state index in [-0.39, 0.29) is 12.2 Å². The van der Waals surface area contributed by atoms with E-state index < -0.39 is 0 Å². The van der Waals surface area contributed by atoms with Gasteiger partial charge in [0.1, 0.15) is 0 Å². The molecule has 0 unspecified atom stereocenters. The van der Waals surface area contributed by atoms with E-state index in [9.17, 15) is 4.79 Å². The van der Waals surface area contributed by atoms with E-state index in [1.54, 1.807) is 0 Å². The van der Waals surface area contributed by atoms with Crippen molar-refractivity contribution in [2.24, 2.45) is 0 Å². The first-order valence-electron chi connectivity index (χ1n) is 6.01. The molecule has 17 heavy (non-hydrogen) atoms. The molecule has 90 valence electrons. The second-order valence-electron chi connectivity index (χ2n) is 4.91. The number of carbonyl (C=O) groups excluding carboxylic acids is 1. The van der Waals surface area contributed by atoms with Crippen LogP contribution in [0.25, 0.3) is 0 Å². The number of hydrogen-bond donors (Lipinski definition) is 0. The van der Waals surface area contributed by atoms with E-state index in [0.717, 1.165) is 5.56 Å². The average molecular weight is 229 g/mol. The molecule has 0 saturated heterocycles. The van der Waals surface area contributed by atoms with Crippen LogP contribution in [0.5, 0.6) is 0 Å². The van der Waals surface area contributed by atoms with Crippen molar-refractivity contribution in [3.63, 3.8) is 0 Å². The quantitative estimate of drug-likeness (QED) is 0.731. The normalized spacial score (nSPS) is 10.6. The number of rotatable bonds is 4. The molecule has 0 radical (unpaired) electrons. The molecular formula is C15H19NO. The van der Waals surface area contributed by atoms with Gasteiger partial charge in [0, 0.05) is 5.56 Å². The fraction of sp³-hybridized carbons (Fsp3) is 0.467. The van der Waals surface area contributed by atoms with Crippen LogP contribution in [0, 0.1) is 11.3 Å². The van der Waals surface area contributed by atoms with Gasteiger partial charge in [0.2, 0.25) is 0 Å². The van der Waals surface area contributed by atoms with Gasteiger partial charge >= 0.3 is 0 Å². The van der Waals surface area contributed by atoms with Crippen LogP contribution >= 0.6 is 0 Å². The van der Waals surface area contributed by atoms with Crippen molar-refractivity contribution < 1.29 is 4.79 Å². The highest BCUT2D eigenvalue weighted by molar-refractivity contribution is 5.98. The van der Waals surface area contributed by atoms with E-state index in [4.69, 9.17) is 5.26 Å². The van der Waals surface area contributed by atoms with Crippen molar-refractivity contribution in [3.8, 4) is 6.07 Å². The smallest absolute Gasteiger partial charge is 0.177 e. The topological polar surface area (TPSA) is 40.9 Å². The van der Waals surface area contributed by atoms with Crippen LogP contribution in [0.3, 0.4) is 0 Å². The number of hydrogen-bond acceptors (Lipinski definition) is 2. The lowest BCUT2D eigenvalue weighted by Gasteiger charge is -2.15. The van der Waals surface area contributed by atoms with E-state index in [1.807, 2.05) is 18.2 Å². The van der Waals surface area contributed by atoms with Crippen molar-refractivity contribution in [2.75, 3.05) is 0 Å². The van der Waals surface area contributed by atoms with E-state index in [0.29, 0.717) is 17.4 Å². The molecule has 0 heterocycles. The van der Waals surface area contributed by atoms with Gasteiger partial charge in [-0.05, 0) is 23.0 Å². The number of nitrogens with zero attached hydrogens (tertiary/aromatic N) is 1. The van der Waals surface area contributed by atoms with Crippen molar-refractivity contribution >= 4 is 5.78 Å². The van der Waals surface area contributed by atoms with Crippen molar-refractivity contribution in [1.82, 2.24) is 0 Å². The number of nitriles is 1. The van der Waals surface area contributed by atoms with Gasteiger partial charge in [0.05, 0.1) is 12.5 Å². The Hall–Kier alpha value is -1.62.